The van der Waals surface area contributed by atoms with Crippen LogP contribution >= 0.6 is 0 Å². The number of aromatic nitrogens is 2. The highest BCUT2D eigenvalue weighted by molar-refractivity contribution is 7.88. The third-order valence-corrected chi connectivity index (χ3v) is 7.64. The Labute approximate surface area is 189 Å². The summed E-state index contributed by atoms with van der Waals surface area (Å²) in [5.74, 6) is 2.18. The van der Waals surface area contributed by atoms with Crippen LogP contribution in [0.25, 0.3) is 0 Å². The molecule has 2 fully saturated rings. The van der Waals surface area contributed by atoms with Crippen molar-refractivity contribution in [2.24, 2.45) is 17.3 Å². The molecule has 176 valence electrons. The van der Waals surface area contributed by atoms with E-state index in [-0.39, 0.29) is 0 Å². The van der Waals surface area contributed by atoms with Crippen LogP contribution in [0, 0.1) is 28.6 Å². The molecule has 8 heteroatoms. The molecule has 2 atom stereocenters. The Kier molecular flexibility index (Phi) is 10.9. The van der Waals surface area contributed by atoms with E-state index in [1.165, 1.54) is 19.1 Å². The van der Waals surface area contributed by atoms with Crippen molar-refractivity contribution in [2.75, 3.05) is 37.3 Å². The van der Waals surface area contributed by atoms with E-state index in [0.29, 0.717) is 17.0 Å². The van der Waals surface area contributed by atoms with Crippen molar-refractivity contribution >= 4 is 15.8 Å². The maximum atomic E-state index is 11.2. The quantitative estimate of drug-likeness (QED) is 0.680. The van der Waals surface area contributed by atoms with Gasteiger partial charge >= 0.3 is 0 Å². The van der Waals surface area contributed by atoms with Crippen molar-refractivity contribution in [1.29, 1.82) is 5.26 Å². The van der Waals surface area contributed by atoms with Crippen LogP contribution in [0.3, 0.4) is 0 Å². The Bertz CT molecular complexity index is 802. The van der Waals surface area contributed by atoms with Gasteiger partial charge in [0.25, 0.3) is 0 Å². The minimum atomic E-state index is -2.94. The summed E-state index contributed by atoms with van der Waals surface area (Å²) in [5.41, 5.74) is 0.673. The minimum absolute atomic E-state index is 0.299. The first-order chi connectivity index (χ1) is 14.6. The summed E-state index contributed by atoms with van der Waals surface area (Å²) in [6, 6.07) is 1.99. The fourth-order valence-corrected chi connectivity index (χ4v) is 4.81. The number of hydrogen-bond donors (Lipinski definition) is 0. The lowest BCUT2D eigenvalue weighted by Crippen LogP contribution is -2.45. The summed E-state index contributed by atoms with van der Waals surface area (Å²) < 4.78 is 23.9. The van der Waals surface area contributed by atoms with Gasteiger partial charge in [-0.3, -0.25) is 0 Å². The predicted molar refractivity (Wildman–Crippen MR) is 127 cm³/mol. The summed E-state index contributed by atoms with van der Waals surface area (Å²) in [7, 11) is -2.94. The highest BCUT2D eigenvalue weighted by Gasteiger charge is 2.33. The number of piperidine rings is 2. The highest BCUT2D eigenvalue weighted by Crippen LogP contribution is 2.35. The first-order valence-corrected chi connectivity index (χ1v) is 13.3. The molecule has 2 aliphatic rings. The Morgan fingerprint density at radius 3 is 2.35 bits per heavy atom. The lowest BCUT2D eigenvalue weighted by molar-refractivity contribution is 0.193. The zero-order valence-corrected chi connectivity index (χ0v) is 21.2. The third-order valence-electron chi connectivity index (χ3n) is 6.37. The first-order valence-electron chi connectivity index (χ1n) is 11.5. The van der Waals surface area contributed by atoms with Gasteiger partial charge in [0.2, 0.25) is 10.0 Å². The van der Waals surface area contributed by atoms with E-state index < -0.39 is 10.0 Å². The molecular weight excluding hydrogens is 410 g/mol. The van der Waals surface area contributed by atoms with Crippen LogP contribution < -0.4 is 4.90 Å². The maximum Gasteiger partial charge on any atom is 0.211 e. The molecule has 0 bridgehead atoms. The largest absolute Gasteiger partial charge is 0.355 e. The second-order valence-electron chi connectivity index (χ2n) is 9.01. The fraction of sp³-hybridized carbons (Fsp3) is 0.783. The molecule has 2 unspecified atom stereocenters. The minimum Gasteiger partial charge on any atom is -0.355 e. The summed E-state index contributed by atoms with van der Waals surface area (Å²) in [6.07, 6.45) is 9.00. The van der Waals surface area contributed by atoms with E-state index in [1.807, 2.05) is 19.9 Å². The molecule has 2 saturated heterocycles. The van der Waals surface area contributed by atoms with E-state index in [2.05, 4.69) is 42.6 Å². The molecule has 2 aliphatic heterocycles. The Balaban J connectivity index is 0.000000303. The normalized spacial score (nSPS) is 23.5. The molecule has 1 aromatic rings. The lowest BCUT2D eigenvalue weighted by atomic mass is 9.75. The molecule has 31 heavy (non-hydrogen) atoms. The van der Waals surface area contributed by atoms with Crippen molar-refractivity contribution in [2.45, 2.75) is 67.2 Å². The van der Waals surface area contributed by atoms with Crippen LogP contribution in [-0.2, 0) is 10.0 Å². The monoisotopic (exact) mass is 451 g/mol. The van der Waals surface area contributed by atoms with Gasteiger partial charge in [-0.05, 0) is 36.5 Å². The molecular formula is C23H41N5O2S. The first kappa shape index (κ1) is 27.3. The van der Waals surface area contributed by atoms with Crippen LogP contribution in [0.5, 0.6) is 0 Å². The van der Waals surface area contributed by atoms with E-state index in [0.717, 1.165) is 50.8 Å². The molecule has 0 aromatic carbocycles. The van der Waals surface area contributed by atoms with Gasteiger partial charge in [-0.2, -0.15) is 5.26 Å². The molecule has 7 nitrogen and oxygen atoms in total. The van der Waals surface area contributed by atoms with Gasteiger partial charge in [0.1, 0.15) is 11.9 Å². The van der Waals surface area contributed by atoms with Gasteiger partial charge in [0.05, 0.1) is 18.6 Å². The smallest absolute Gasteiger partial charge is 0.211 e. The summed E-state index contributed by atoms with van der Waals surface area (Å²) in [5, 5.41) is 8.69. The molecule has 0 aliphatic carbocycles. The van der Waals surface area contributed by atoms with Crippen molar-refractivity contribution in [3.8, 4) is 6.07 Å². The lowest BCUT2D eigenvalue weighted by Gasteiger charge is -2.43. The van der Waals surface area contributed by atoms with Crippen molar-refractivity contribution in [3.63, 3.8) is 0 Å². The van der Waals surface area contributed by atoms with E-state index >= 15 is 0 Å². The van der Waals surface area contributed by atoms with Crippen LogP contribution in [0.2, 0.25) is 0 Å². The number of rotatable bonds is 3. The van der Waals surface area contributed by atoms with Gasteiger partial charge in [-0.15, -0.1) is 0 Å². The van der Waals surface area contributed by atoms with Gasteiger partial charge in [0.15, 0.2) is 5.69 Å². The van der Waals surface area contributed by atoms with Gasteiger partial charge in [-0.1, -0.05) is 48.0 Å². The SMILES string of the molecule is CC.CC1CCN(c2cnc(C#N)cn2)CC1(C)C.CCC1CCCN(S(C)(=O)=O)C1. The second kappa shape index (κ2) is 12.4. The molecule has 1 aromatic heterocycles. The Hall–Kier alpha value is -1.72. The number of hydrogen-bond acceptors (Lipinski definition) is 6. The predicted octanol–water partition coefficient (Wildman–Crippen LogP) is 4.31. The zero-order valence-electron chi connectivity index (χ0n) is 20.4. The molecule has 3 rings (SSSR count). The van der Waals surface area contributed by atoms with Crippen LogP contribution in [0.1, 0.15) is 72.9 Å². The zero-order chi connectivity index (χ0) is 23.7. The van der Waals surface area contributed by atoms with Crippen molar-refractivity contribution in [1.82, 2.24) is 14.3 Å². The van der Waals surface area contributed by atoms with Crippen LogP contribution in [0.4, 0.5) is 5.82 Å². The topological polar surface area (TPSA) is 90.2 Å². The van der Waals surface area contributed by atoms with Gasteiger partial charge in [-0.25, -0.2) is 22.7 Å². The molecule has 3 heterocycles. The molecule has 0 spiro atoms. The highest BCUT2D eigenvalue weighted by atomic mass is 32.2. The van der Waals surface area contributed by atoms with Crippen LogP contribution in [-0.4, -0.2) is 55.1 Å². The number of nitriles is 1. The maximum absolute atomic E-state index is 11.2. The number of nitrogens with zero attached hydrogens (tertiary/aromatic N) is 5. The third kappa shape index (κ3) is 8.38. The second-order valence-corrected chi connectivity index (χ2v) is 11.0. The number of anilines is 1. The summed E-state index contributed by atoms with van der Waals surface area (Å²) in [4.78, 5) is 10.6. The molecule has 0 saturated carbocycles. The van der Waals surface area contributed by atoms with E-state index in [1.54, 1.807) is 16.7 Å². The average Bonchev–Trinajstić information content (AvgIpc) is 2.77. The average molecular weight is 452 g/mol. The van der Waals surface area contributed by atoms with E-state index in [9.17, 15) is 8.42 Å². The van der Waals surface area contributed by atoms with Gasteiger partial charge < -0.3 is 4.90 Å². The fourth-order valence-electron chi connectivity index (χ4n) is 3.87. The van der Waals surface area contributed by atoms with Crippen LogP contribution in [0.15, 0.2) is 12.4 Å². The Morgan fingerprint density at radius 1 is 1.19 bits per heavy atom. The molecule has 0 radical (unpaired) electrons. The van der Waals surface area contributed by atoms with Crippen molar-refractivity contribution in [3.05, 3.63) is 18.1 Å². The molecule has 0 N–H and O–H groups in total. The molecule has 0 amide bonds. The standard InChI is InChI=1S/C13H18N4.C8H17NO2S.C2H6/c1-10-4-5-17(9-13(10,2)3)12-8-15-11(6-14)7-16-12;1-3-8-5-4-6-9(7-8)12(2,10)11;1-2/h7-8,10H,4-5,9H2,1-3H3;8H,3-7H2,1-2H3;1-2H3. The number of sulfonamides is 1. The van der Waals surface area contributed by atoms with E-state index in [4.69, 9.17) is 5.26 Å². The summed E-state index contributed by atoms with van der Waals surface area (Å²) >= 11 is 0. The van der Waals surface area contributed by atoms with Crippen molar-refractivity contribution < 1.29 is 8.42 Å². The summed E-state index contributed by atoms with van der Waals surface area (Å²) in [6.45, 7) is 16.5. The Morgan fingerprint density at radius 2 is 1.87 bits per heavy atom. The van der Waals surface area contributed by atoms with Gasteiger partial charge in [0, 0.05) is 26.2 Å².